The van der Waals surface area contributed by atoms with Gasteiger partial charge in [-0.2, -0.15) is 0 Å². The Hall–Kier alpha value is -2.86. The van der Waals surface area contributed by atoms with Gasteiger partial charge in [0.2, 0.25) is 5.91 Å². The number of ether oxygens (including phenoxy) is 1. The summed E-state index contributed by atoms with van der Waals surface area (Å²) in [6.07, 6.45) is 0. The van der Waals surface area contributed by atoms with Crippen LogP contribution in [-0.2, 0) is 4.79 Å². The molecule has 0 saturated carbocycles. The molecule has 0 saturated heterocycles. The van der Waals surface area contributed by atoms with E-state index in [0.29, 0.717) is 0 Å². The van der Waals surface area contributed by atoms with Crippen LogP contribution in [0.5, 0.6) is 5.75 Å². The number of fused-ring (bicyclic) bond motifs is 1. The van der Waals surface area contributed by atoms with Gasteiger partial charge in [0.05, 0.1) is 18.2 Å². The summed E-state index contributed by atoms with van der Waals surface area (Å²) in [5.74, 6) is 0.786. The van der Waals surface area contributed by atoms with Crippen molar-refractivity contribution in [2.75, 3.05) is 17.9 Å². The largest absolute Gasteiger partial charge is 0.497 e. The molecule has 4 rings (SSSR count). The van der Waals surface area contributed by atoms with Crippen molar-refractivity contribution >= 4 is 23.4 Å². The van der Waals surface area contributed by atoms with Gasteiger partial charge in [0.25, 0.3) is 0 Å². The molecule has 2 atom stereocenters. The Kier molecular flexibility index (Phi) is 5.28. The number of thioether (sulfide) groups is 1. The zero-order chi connectivity index (χ0) is 20.5. The molecular formula is C23H25N3O2S. The van der Waals surface area contributed by atoms with E-state index in [9.17, 15) is 4.79 Å². The summed E-state index contributed by atoms with van der Waals surface area (Å²) < 4.78 is 7.34. The molecule has 0 bridgehead atoms. The number of hydrogen-bond acceptors (Lipinski definition) is 4. The number of nitrogens with zero attached hydrogens (tertiary/aromatic N) is 1. The van der Waals surface area contributed by atoms with Crippen molar-refractivity contribution in [3.8, 4) is 5.75 Å². The molecule has 150 valence electrons. The van der Waals surface area contributed by atoms with Crippen molar-refractivity contribution in [3.63, 3.8) is 0 Å². The van der Waals surface area contributed by atoms with Crippen LogP contribution in [0.2, 0.25) is 0 Å². The van der Waals surface area contributed by atoms with Crippen LogP contribution in [0.1, 0.15) is 28.4 Å². The van der Waals surface area contributed by atoms with Crippen molar-refractivity contribution in [2.24, 2.45) is 0 Å². The molecule has 1 aromatic heterocycles. The number of rotatable bonds is 4. The molecule has 0 spiro atoms. The number of hydrogen-bond donors (Lipinski definition) is 2. The van der Waals surface area contributed by atoms with Crippen LogP contribution in [0.3, 0.4) is 0 Å². The molecule has 0 aliphatic carbocycles. The number of aryl methyl sites for hydroxylation is 3. The Labute approximate surface area is 175 Å². The second-order valence-corrected chi connectivity index (χ2v) is 8.54. The van der Waals surface area contributed by atoms with Gasteiger partial charge in [-0.1, -0.05) is 36.0 Å². The topological polar surface area (TPSA) is 55.3 Å². The minimum atomic E-state index is -0.315. The van der Waals surface area contributed by atoms with Gasteiger partial charge in [-0.15, -0.1) is 0 Å². The fraction of sp³-hybridized carbons (Fsp3) is 0.261. The number of nitrogens with one attached hydrogen (secondary N) is 2. The molecule has 2 aromatic carbocycles. The van der Waals surface area contributed by atoms with E-state index >= 15 is 0 Å². The van der Waals surface area contributed by atoms with Crippen LogP contribution in [0, 0.1) is 20.8 Å². The van der Waals surface area contributed by atoms with E-state index < -0.39 is 0 Å². The van der Waals surface area contributed by atoms with Gasteiger partial charge in [-0.05, 0) is 67.8 Å². The van der Waals surface area contributed by atoms with E-state index in [1.807, 2.05) is 50.2 Å². The minimum Gasteiger partial charge on any atom is -0.497 e. The van der Waals surface area contributed by atoms with Crippen LogP contribution in [-0.4, -0.2) is 22.9 Å². The zero-order valence-corrected chi connectivity index (χ0v) is 17.8. The quantitative estimate of drug-likeness (QED) is 0.651. The highest BCUT2D eigenvalue weighted by molar-refractivity contribution is 8.00. The molecule has 2 N–H and O–H groups in total. The smallest absolute Gasteiger partial charge is 0.240 e. The standard InChI is InChI=1S/C23H25N3O2S/c1-14-5-6-15(2)19(13-14)24-23(27)22-21(17-8-10-18(28-4)11-9-17)25-26-16(3)7-12-20(26)29-22/h5-13,21-22,25H,1-4H3,(H,24,27)/t21-,22+/m0/s1. The second-order valence-electron chi connectivity index (χ2n) is 7.37. The van der Waals surface area contributed by atoms with Crippen LogP contribution in [0.4, 0.5) is 5.69 Å². The van der Waals surface area contributed by atoms with Gasteiger partial charge in [0, 0.05) is 11.4 Å². The molecule has 6 heteroatoms. The Bertz CT molecular complexity index is 1040. The predicted molar refractivity (Wildman–Crippen MR) is 118 cm³/mol. The van der Waals surface area contributed by atoms with E-state index in [1.54, 1.807) is 18.9 Å². The van der Waals surface area contributed by atoms with E-state index in [2.05, 4.69) is 40.5 Å². The van der Waals surface area contributed by atoms with Gasteiger partial charge >= 0.3 is 0 Å². The first-order valence-electron chi connectivity index (χ1n) is 9.60. The molecule has 5 nitrogen and oxygen atoms in total. The number of anilines is 1. The lowest BCUT2D eigenvalue weighted by Gasteiger charge is -2.34. The first-order valence-corrected chi connectivity index (χ1v) is 10.5. The number of carbonyl (C=O) groups is 1. The number of methoxy groups -OCH3 is 1. The maximum atomic E-state index is 13.3. The number of amides is 1. The number of carbonyl (C=O) groups excluding carboxylic acids is 1. The van der Waals surface area contributed by atoms with Crippen molar-refractivity contribution < 1.29 is 9.53 Å². The minimum absolute atomic E-state index is 0.0119. The van der Waals surface area contributed by atoms with Gasteiger partial charge in [-0.3, -0.25) is 9.47 Å². The predicted octanol–water partition coefficient (Wildman–Crippen LogP) is 4.82. The van der Waals surface area contributed by atoms with E-state index in [4.69, 9.17) is 4.74 Å². The lowest BCUT2D eigenvalue weighted by molar-refractivity contribution is -0.116. The highest BCUT2D eigenvalue weighted by Gasteiger charge is 2.36. The Balaban J connectivity index is 1.67. The van der Waals surface area contributed by atoms with Crippen molar-refractivity contribution in [3.05, 3.63) is 77.0 Å². The molecule has 1 aliphatic heterocycles. The summed E-state index contributed by atoms with van der Waals surface area (Å²) >= 11 is 1.59. The Morgan fingerprint density at radius 3 is 2.55 bits per heavy atom. The average Bonchev–Trinajstić information content (AvgIpc) is 3.10. The van der Waals surface area contributed by atoms with Gasteiger partial charge in [0.15, 0.2) is 0 Å². The highest BCUT2D eigenvalue weighted by Crippen LogP contribution is 2.39. The zero-order valence-electron chi connectivity index (χ0n) is 17.0. The normalized spacial score (nSPS) is 17.9. The third-order valence-corrected chi connectivity index (χ3v) is 6.54. The Morgan fingerprint density at radius 2 is 1.83 bits per heavy atom. The third kappa shape index (κ3) is 3.85. The van der Waals surface area contributed by atoms with Crippen LogP contribution in [0.25, 0.3) is 0 Å². The molecule has 0 radical (unpaired) electrons. The van der Waals surface area contributed by atoms with Crippen molar-refractivity contribution in [1.82, 2.24) is 4.68 Å². The number of benzene rings is 2. The number of aromatic nitrogens is 1. The molecule has 1 aliphatic rings. The lowest BCUT2D eigenvalue weighted by atomic mass is 10.0. The maximum Gasteiger partial charge on any atom is 0.240 e. The molecule has 3 aromatic rings. The summed E-state index contributed by atoms with van der Waals surface area (Å²) in [7, 11) is 1.65. The van der Waals surface area contributed by atoms with Crippen LogP contribution >= 0.6 is 11.8 Å². The molecule has 2 heterocycles. The SMILES string of the molecule is COc1ccc([C@@H]2Nn3c(C)ccc3S[C@H]2C(=O)Nc2cc(C)ccc2C)cc1. The first kappa shape index (κ1) is 19.5. The van der Waals surface area contributed by atoms with Crippen LogP contribution < -0.4 is 15.5 Å². The monoisotopic (exact) mass is 407 g/mol. The summed E-state index contributed by atoms with van der Waals surface area (Å²) in [5.41, 5.74) is 8.72. The molecule has 29 heavy (non-hydrogen) atoms. The summed E-state index contributed by atoms with van der Waals surface area (Å²) in [4.78, 5) is 13.3. The van der Waals surface area contributed by atoms with E-state index in [0.717, 1.165) is 38.8 Å². The summed E-state index contributed by atoms with van der Waals surface area (Å²) in [6, 6.07) is 17.9. The maximum absolute atomic E-state index is 13.3. The second kappa shape index (κ2) is 7.87. The lowest BCUT2D eigenvalue weighted by Crippen LogP contribution is -2.41. The van der Waals surface area contributed by atoms with E-state index in [-0.39, 0.29) is 17.2 Å². The molecular weight excluding hydrogens is 382 g/mol. The van der Waals surface area contributed by atoms with Gasteiger partial charge in [-0.25, -0.2) is 0 Å². The van der Waals surface area contributed by atoms with Crippen molar-refractivity contribution in [2.45, 2.75) is 37.1 Å². The summed E-state index contributed by atoms with van der Waals surface area (Å²) in [5, 5.41) is 3.87. The first-order chi connectivity index (χ1) is 14.0. The molecule has 0 fully saturated rings. The van der Waals surface area contributed by atoms with Gasteiger partial charge < -0.3 is 15.5 Å². The highest BCUT2D eigenvalue weighted by atomic mass is 32.2. The van der Waals surface area contributed by atoms with Gasteiger partial charge in [0.1, 0.15) is 11.0 Å². The van der Waals surface area contributed by atoms with Crippen LogP contribution in [0.15, 0.2) is 59.6 Å². The summed E-state index contributed by atoms with van der Waals surface area (Å²) in [6.45, 7) is 6.09. The van der Waals surface area contributed by atoms with E-state index in [1.165, 1.54) is 0 Å². The fourth-order valence-electron chi connectivity index (χ4n) is 3.52. The fourth-order valence-corrected chi connectivity index (χ4v) is 4.75. The molecule has 0 unspecified atom stereocenters. The average molecular weight is 408 g/mol. The Morgan fingerprint density at radius 1 is 1.07 bits per heavy atom. The third-order valence-electron chi connectivity index (χ3n) is 5.24. The molecule has 1 amide bonds. The van der Waals surface area contributed by atoms with Crippen molar-refractivity contribution in [1.29, 1.82) is 0 Å².